The highest BCUT2D eigenvalue weighted by Gasteiger charge is 2.32. The summed E-state index contributed by atoms with van der Waals surface area (Å²) in [6.45, 7) is -0.122. The van der Waals surface area contributed by atoms with E-state index in [1.165, 1.54) is 35.2 Å². The average molecular weight is 472 g/mol. The van der Waals surface area contributed by atoms with Gasteiger partial charge in [-0.2, -0.15) is 0 Å². The Labute approximate surface area is 194 Å². The summed E-state index contributed by atoms with van der Waals surface area (Å²) < 4.78 is 0. The zero-order valence-electron chi connectivity index (χ0n) is 16.7. The van der Waals surface area contributed by atoms with Crippen LogP contribution in [0.4, 0.5) is 0 Å². The van der Waals surface area contributed by atoms with Crippen LogP contribution in [0.25, 0.3) is 0 Å². The second kappa shape index (κ2) is 10.3. The average Bonchev–Trinajstić information content (AvgIpc) is 2.76. The molecular weight excluding hydrogens is 453 g/mol. The minimum atomic E-state index is -1.22. The summed E-state index contributed by atoms with van der Waals surface area (Å²) >= 11 is 12.2. The highest BCUT2D eigenvalue weighted by molar-refractivity contribution is 6.36. The van der Waals surface area contributed by atoms with Crippen LogP contribution in [0.2, 0.25) is 10.0 Å². The number of carbonyl (C=O) groups excluding carboxylic acids is 1. The number of aromatic carboxylic acids is 1. The van der Waals surface area contributed by atoms with Crippen molar-refractivity contribution in [2.75, 3.05) is 0 Å². The molecule has 0 saturated carbocycles. The fourth-order valence-electron chi connectivity index (χ4n) is 3.31. The quantitative estimate of drug-likeness (QED) is 0.480. The summed E-state index contributed by atoms with van der Waals surface area (Å²) in [4.78, 5) is 38.2. The minimum absolute atomic E-state index is 0.0364. The minimum Gasteiger partial charge on any atom is -0.480 e. The van der Waals surface area contributed by atoms with E-state index in [-0.39, 0.29) is 29.1 Å². The molecule has 0 saturated heterocycles. The molecule has 3 aromatic carbocycles. The van der Waals surface area contributed by atoms with Crippen molar-refractivity contribution in [1.82, 2.24) is 4.90 Å². The first-order valence-corrected chi connectivity index (χ1v) is 10.4. The van der Waals surface area contributed by atoms with Gasteiger partial charge in [-0.05, 0) is 41.5 Å². The van der Waals surface area contributed by atoms with Gasteiger partial charge in [0.05, 0.1) is 16.1 Å². The molecule has 0 aliphatic rings. The van der Waals surface area contributed by atoms with Crippen LogP contribution >= 0.6 is 23.2 Å². The monoisotopic (exact) mass is 471 g/mol. The third-order valence-electron chi connectivity index (χ3n) is 4.88. The third-order valence-corrected chi connectivity index (χ3v) is 5.43. The zero-order valence-corrected chi connectivity index (χ0v) is 18.3. The Morgan fingerprint density at radius 2 is 1.53 bits per heavy atom. The summed E-state index contributed by atoms with van der Waals surface area (Å²) in [5, 5.41) is 19.7. The molecule has 0 aliphatic heterocycles. The van der Waals surface area contributed by atoms with Gasteiger partial charge in [0.25, 0.3) is 5.91 Å². The topological polar surface area (TPSA) is 94.9 Å². The molecule has 0 fully saturated rings. The van der Waals surface area contributed by atoms with Crippen LogP contribution in [0, 0.1) is 0 Å². The summed E-state index contributed by atoms with van der Waals surface area (Å²) in [6, 6.07) is 18.1. The van der Waals surface area contributed by atoms with E-state index >= 15 is 0 Å². The van der Waals surface area contributed by atoms with Gasteiger partial charge in [-0.1, -0.05) is 65.7 Å². The first-order valence-electron chi connectivity index (χ1n) is 9.61. The van der Waals surface area contributed by atoms with Crippen molar-refractivity contribution in [2.24, 2.45) is 0 Å². The molecular formula is C24H19Cl2NO5. The number of halogens is 2. The van der Waals surface area contributed by atoms with Gasteiger partial charge in [0.15, 0.2) is 0 Å². The first kappa shape index (κ1) is 23.3. The molecule has 0 aromatic heterocycles. The van der Waals surface area contributed by atoms with Crippen molar-refractivity contribution < 1.29 is 24.6 Å². The van der Waals surface area contributed by atoms with Gasteiger partial charge in [0.2, 0.25) is 0 Å². The molecule has 0 heterocycles. The second-order valence-electron chi connectivity index (χ2n) is 7.11. The Kier molecular flexibility index (Phi) is 7.51. The van der Waals surface area contributed by atoms with Crippen molar-refractivity contribution in [3.63, 3.8) is 0 Å². The first-order chi connectivity index (χ1) is 15.3. The van der Waals surface area contributed by atoms with Crippen LogP contribution < -0.4 is 0 Å². The highest BCUT2D eigenvalue weighted by Crippen LogP contribution is 2.25. The molecule has 0 bridgehead atoms. The number of hydrogen-bond donors (Lipinski definition) is 2. The largest absolute Gasteiger partial charge is 0.480 e. The predicted octanol–water partition coefficient (Wildman–Crippen LogP) is 5.03. The maximum absolute atomic E-state index is 13.5. The normalized spacial score (nSPS) is 11.6. The van der Waals surface area contributed by atoms with Crippen molar-refractivity contribution in [3.05, 3.63) is 105 Å². The van der Waals surface area contributed by atoms with Crippen LogP contribution in [-0.2, 0) is 17.8 Å². The van der Waals surface area contributed by atoms with Crippen LogP contribution in [0.3, 0.4) is 0 Å². The van der Waals surface area contributed by atoms with E-state index in [4.69, 9.17) is 23.2 Å². The number of carboxylic acid groups (broad SMARTS) is 2. The van der Waals surface area contributed by atoms with E-state index in [2.05, 4.69) is 0 Å². The van der Waals surface area contributed by atoms with Crippen molar-refractivity contribution in [2.45, 2.75) is 19.0 Å². The van der Waals surface area contributed by atoms with E-state index in [1.54, 1.807) is 36.4 Å². The lowest BCUT2D eigenvalue weighted by Gasteiger charge is -2.30. The van der Waals surface area contributed by atoms with E-state index in [9.17, 15) is 24.6 Å². The number of nitrogens with zero attached hydrogens (tertiary/aromatic N) is 1. The lowest BCUT2D eigenvalue weighted by molar-refractivity contribution is -0.142. The highest BCUT2D eigenvalue weighted by atomic mass is 35.5. The number of amides is 1. The Morgan fingerprint density at radius 1 is 0.844 bits per heavy atom. The molecule has 1 amide bonds. The number of benzene rings is 3. The Hall–Kier alpha value is -3.35. The number of carboxylic acids is 2. The van der Waals surface area contributed by atoms with Crippen LogP contribution in [0.15, 0.2) is 72.8 Å². The molecule has 8 heteroatoms. The summed E-state index contributed by atoms with van der Waals surface area (Å²) in [5.41, 5.74) is 1.35. The third kappa shape index (κ3) is 5.66. The molecule has 0 spiro atoms. The second-order valence-corrected chi connectivity index (χ2v) is 7.95. The van der Waals surface area contributed by atoms with Gasteiger partial charge in [-0.15, -0.1) is 0 Å². The standard InChI is InChI=1S/C24H19Cl2NO5/c25-18-9-10-19(20(26)13-18)22(28)27(14-16-7-4-8-17(11-16)23(29)30)21(24(31)32)12-15-5-2-1-3-6-15/h1-11,13,21H,12,14H2,(H,29,30)(H,31,32)/t21-/m0/s1. The van der Waals surface area contributed by atoms with Crippen molar-refractivity contribution >= 4 is 41.0 Å². The molecule has 0 aliphatic carbocycles. The Morgan fingerprint density at radius 3 is 2.16 bits per heavy atom. The van der Waals surface area contributed by atoms with E-state index in [0.717, 1.165) is 5.56 Å². The van der Waals surface area contributed by atoms with Crippen LogP contribution in [0.5, 0.6) is 0 Å². The number of carbonyl (C=O) groups is 3. The van der Waals surface area contributed by atoms with Gasteiger partial charge in [0.1, 0.15) is 6.04 Å². The van der Waals surface area contributed by atoms with Crippen LogP contribution in [0.1, 0.15) is 31.8 Å². The lowest BCUT2D eigenvalue weighted by Crippen LogP contribution is -2.46. The van der Waals surface area contributed by atoms with E-state index in [0.29, 0.717) is 10.6 Å². The van der Waals surface area contributed by atoms with E-state index in [1.807, 2.05) is 6.07 Å². The maximum Gasteiger partial charge on any atom is 0.335 e. The summed E-state index contributed by atoms with van der Waals surface area (Å²) in [5.74, 6) is -2.91. The number of rotatable bonds is 8. The van der Waals surface area contributed by atoms with Crippen molar-refractivity contribution in [3.8, 4) is 0 Å². The van der Waals surface area contributed by atoms with E-state index < -0.39 is 23.9 Å². The zero-order chi connectivity index (χ0) is 23.3. The van der Waals surface area contributed by atoms with Crippen LogP contribution in [-0.4, -0.2) is 39.0 Å². The fraction of sp³-hybridized carbons (Fsp3) is 0.125. The molecule has 0 radical (unpaired) electrons. The SMILES string of the molecule is O=C(O)c1cccc(CN(C(=O)c2ccc(Cl)cc2Cl)[C@@H](Cc2ccccc2)C(=O)O)c1. The molecule has 3 rings (SSSR count). The molecule has 32 heavy (non-hydrogen) atoms. The predicted molar refractivity (Wildman–Crippen MR) is 121 cm³/mol. The number of aliphatic carboxylic acids is 1. The van der Waals surface area contributed by atoms with Gasteiger partial charge in [-0.3, -0.25) is 4.79 Å². The molecule has 3 aromatic rings. The van der Waals surface area contributed by atoms with Gasteiger partial charge >= 0.3 is 11.9 Å². The molecule has 2 N–H and O–H groups in total. The summed E-state index contributed by atoms with van der Waals surface area (Å²) in [7, 11) is 0. The molecule has 0 unspecified atom stereocenters. The van der Waals surface area contributed by atoms with Crippen molar-refractivity contribution in [1.29, 1.82) is 0 Å². The summed E-state index contributed by atoms with van der Waals surface area (Å²) in [6.07, 6.45) is 0.0613. The smallest absolute Gasteiger partial charge is 0.335 e. The molecule has 164 valence electrons. The van der Waals surface area contributed by atoms with Gasteiger partial charge in [-0.25, -0.2) is 9.59 Å². The number of hydrogen-bond acceptors (Lipinski definition) is 3. The van der Waals surface area contributed by atoms with Gasteiger partial charge < -0.3 is 15.1 Å². The maximum atomic E-state index is 13.5. The lowest BCUT2D eigenvalue weighted by atomic mass is 10.0. The fourth-order valence-corrected chi connectivity index (χ4v) is 3.80. The Bertz CT molecular complexity index is 1150. The molecule has 6 nitrogen and oxygen atoms in total. The van der Waals surface area contributed by atoms with Gasteiger partial charge in [0, 0.05) is 18.0 Å². The molecule has 1 atom stereocenters. The Balaban J connectivity index is 2.04.